The average Bonchev–Trinajstić information content (AvgIpc) is 2.94. The summed E-state index contributed by atoms with van der Waals surface area (Å²) in [5, 5.41) is 20.6. The first kappa shape index (κ1) is 88.7. The molecule has 0 saturated heterocycles. The summed E-state index contributed by atoms with van der Waals surface area (Å²) in [6, 6.07) is 0. The normalized spacial score (nSPS) is 15.0. The van der Waals surface area contributed by atoms with Crippen LogP contribution in [-0.4, -0.2) is 95.9 Å². The first-order valence-corrected chi connectivity index (χ1v) is 38.5. The van der Waals surface area contributed by atoms with Crippen molar-refractivity contribution in [2.24, 2.45) is 0 Å². The number of esters is 3. The van der Waals surface area contributed by atoms with Gasteiger partial charge in [0, 0.05) is 19.3 Å². The van der Waals surface area contributed by atoms with E-state index in [-0.39, 0.29) is 19.3 Å². The van der Waals surface area contributed by atoms with Crippen LogP contribution in [0, 0.1) is 0 Å². The van der Waals surface area contributed by atoms with Gasteiger partial charge in [0.1, 0.15) is 25.4 Å². The van der Waals surface area contributed by atoms with Gasteiger partial charge in [0.2, 0.25) is 0 Å². The van der Waals surface area contributed by atoms with Crippen molar-refractivity contribution in [1.29, 1.82) is 0 Å². The Kier molecular flexibility index (Phi) is 64.5. The highest BCUT2D eigenvalue weighted by atomic mass is 31.2. The van der Waals surface area contributed by atoms with Gasteiger partial charge in [-0.15, -0.1) is 0 Å². The molecule has 0 amide bonds. The van der Waals surface area contributed by atoms with Crippen molar-refractivity contribution in [2.45, 2.75) is 283 Å². The monoisotopic (exact) mass is 1340 g/mol. The van der Waals surface area contributed by atoms with E-state index in [2.05, 4.69) is 154 Å². The number of hydrogen-bond donors (Lipinski definition) is 4. The largest absolute Gasteiger partial charge is 0.472 e. The highest BCUT2D eigenvalue weighted by molar-refractivity contribution is 7.47. The lowest BCUT2D eigenvalue weighted by Crippen LogP contribution is -2.30. The maximum Gasteiger partial charge on any atom is 0.472 e. The molecule has 0 aliphatic heterocycles. The number of phosphoric ester groups is 2. The molecule has 18 heteroatoms. The number of ether oxygens (including phenoxy) is 3. The van der Waals surface area contributed by atoms with Crippen LogP contribution in [0.2, 0.25) is 0 Å². The Balaban J connectivity index is 4.52. The second-order valence-corrected chi connectivity index (χ2v) is 26.2. The van der Waals surface area contributed by atoms with Crippen molar-refractivity contribution in [3.63, 3.8) is 0 Å². The molecule has 0 saturated carbocycles. The van der Waals surface area contributed by atoms with Crippen LogP contribution in [0.5, 0.6) is 0 Å². The number of carbonyl (C=O) groups excluding carboxylic acids is 3. The number of allylic oxidation sites excluding steroid dienone is 22. The third-order valence-corrected chi connectivity index (χ3v) is 16.2. The summed E-state index contributed by atoms with van der Waals surface area (Å²) >= 11 is 0. The smallest absolute Gasteiger partial charge is 0.463 e. The quantitative estimate of drug-likeness (QED) is 0.0146. The Labute approximate surface area is 563 Å². The maximum atomic E-state index is 12.9. The molecule has 0 aliphatic carbocycles. The fourth-order valence-electron chi connectivity index (χ4n) is 8.96. The zero-order chi connectivity index (χ0) is 68.1. The topological polar surface area (TPSA) is 231 Å². The molecule has 0 radical (unpaired) electrons. The molecular weight excluding hydrogens is 1220 g/mol. The van der Waals surface area contributed by atoms with Crippen LogP contribution in [0.3, 0.4) is 0 Å². The SMILES string of the molecule is CC/C=C\C/C=C\C/C=C\C/C=C\C/C=C\CCCCCCCCCCCCCC(=O)OCC(O)COP(=O)(O)OCC(O)COP(=O)(O)OCC(COC(=O)CCCCC/C=C\C/C=C\C/C=C\C/C=C\C/C=C\CC)OC(=O)CCCCCCC/C=C\CCCC. The zero-order valence-corrected chi connectivity index (χ0v) is 59.4. The summed E-state index contributed by atoms with van der Waals surface area (Å²) < 4.78 is 60.8. The Hall–Kier alpha value is -4.31. The zero-order valence-electron chi connectivity index (χ0n) is 57.6. The molecule has 0 heterocycles. The Morgan fingerprint density at radius 3 is 0.925 bits per heavy atom. The van der Waals surface area contributed by atoms with E-state index in [0.717, 1.165) is 148 Å². The minimum absolute atomic E-state index is 0.0833. The molecule has 0 aromatic carbocycles. The molecule has 0 bridgehead atoms. The fourth-order valence-corrected chi connectivity index (χ4v) is 10.5. The summed E-state index contributed by atoms with van der Waals surface area (Å²) in [4.78, 5) is 58.3. The van der Waals surface area contributed by atoms with E-state index in [1.165, 1.54) is 57.8 Å². The van der Waals surface area contributed by atoms with Gasteiger partial charge in [-0.3, -0.25) is 32.5 Å². The van der Waals surface area contributed by atoms with Crippen molar-refractivity contribution in [2.75, 3.05) is 39.6 Å². The molecule has 4 N–H and O–H groups in total. The van der Waals surface area contributed by atoms with Crippen LogP contribution in [-0.2, 0) is 55.8 Å². The van der Waals surface area contributed by atoms with Gasteiger partial charge in [-0.05, 0) is 128 Å². The number of hydrogen-bond acceptors (Lipinski definition) is 14. The molecule has 0 fully saturated rings. The number of phosphoric acid groups is 2. The van der Waals surface area contributed by atoms with Crippen LogP contribution in [0.25, 0.3) is 0 Å². The Morgan fingerprint density at radius 2 is 0.570 bits per heavy atom. The summed E-state index contributed by atoms with van der Waals surface area (Å²) in [6.45, 7) is 2.33. The lowest BCUT2D eigenvalue weighted by molar-refractivity contribution is -0.161. The van der Waals surface area contributed by atoms with Crippen LogP contribution in [0.15, 0.2) is 134 Å². The molecule has 16 nitrogen and oxygen atoms in total. The van der Waals surface area contributed by atoms with E-state index in [4.69, 9.17) is 32.3 Å². The van der Waals surface area contributed by atoms with E-state index in [9.17, 15) is 43.5 Å². The summed E-state index contributed by atoms with van der Waals surface area (Å²) in [5.41, 5.74) is 0. The van der Waals surface area contributed by atoms with Gasteiger partial charge in [0.15, 0.2) is 6.10 Å². The first-order valence-electron chi connectivity index (χ1n) is 35.5. The predicted octanol–water partition coefficient (Wildman–Crippen LogP) is 20.0. The van der Waals surface area contributed by atoms with Crippen molar-refractivity contribution >= 4 is 33.6 Å². The minimum Gasteiger partial charge on any atom is -0.463 e. The average molecular weight is 1350 g/mol. The van der Waals surface area contributed by atoms with Gasteiger partial charge in [0.05, 0.1) is 26.4 Å². The van der Waals surface area contributed by atoms with Crippen LogP contribution in [0.4, 0.5) is 0 Å². The molecular formula is C75H126O16P2. The minimum atomic E-state index is -4.93. The van der Waals surface area contributed by atoms with Crippen LogP contribution >= 0.6 is 15.6 Å². The van der Waals surface area contributed by atoms with Gasteiger partial charge in [-0.25, -0.2) is 9.13 Å². The molecule has 532 valence electrons. The van der Waals surface area contributed by atoms with Crippen LogP contribution < -0.4 is 0 Å². The molecule has 5 atom stereocenters. The molecule has 0 aliphatic rings. The van der Waals surface area contributed by atoms with Gasteiger partial charge in [0.25, 0.3) is 0 Å². The number of rotatable bonds is 66. The third-order valence-electron chi connectivity index (χ3n) is 14.3. The summed E-state index contributed by atoms with van der Waals surface area (Å²) in [5.74, 6) is -1.63. The number of aliphatic hydroxyl groups excluding tert-OH is 2. The summed E-state index contributed by atoms with van der Waals surface area (Å²) in [7, 11) is -9.79. The second kappa shape index (κ2) is 67.7. The van der Waals surface area contributed by atoms with Crippen molar-refractivity contribution in [3.05, 3.63) is 134 Å². The highest BCUT2D eigenvalue weighted by Gasteiger charge is 2.29. The highest BCUT2D eigenvalue weighted by Crippen LogP contribution is 2.45. The van der Waals surface area contributed by atoms with E-state index >= 15 is 0 Å². The first-order chi connectivity index (χ1) is 45.2. The van der Waals surface area contributed by atoms with Crippen molar-refractivity contribution < 1.29 is 75.8 Å². The maximum absolute atomic E-state index is 12.9. The van der Waals surface area contributed by atoms with Gasteiger partial charge >= 0.3 is 33.6 Å². The van der Waals surface area contributed by atoms with E-state index in [1.807, 2.05) is 0 Å². The predicted molar refractivity (Wildman–Crippen MR) is 380 cm³/mol. The molecule has 0 rings (SSSR count). The van der Waals surface area contributed by atoms with Gasteiger partial charge in [-0.1, -0.05) is 251 Å². The van der Waals surface area contributed by atoms with Crippen molar-refractivity contribution in [1.82, 2.24) is 0 Å². The molecule has 0 aromatic heterocycles. The van der Waals surface area contributed by atoms with E-state index in [1.54, 1.807) is 0 Å². The van der Waals surface area contributed by atoms with Crippen molar-refractivity contribution in [3.8, 4) is 0 Å². The standard InChI is InChI=1S/C75H126O16P2/c1-4-7-10-13-16-19-22-24-26-28-30-31-32-33-34-35-36-37-39-41-42-44-47-49-52-55-58-61-73(78)85-64-70(76)65-87-92(81,82)88-66-71(77)67-89-93(83,84)90-69-72(91-75(80)63-60-57-54-51-46-21-18-15-12-9-6-3)68-86-74(79)62-59-56-53-50-48-45-43-40-38-29-27-25-23-20-17-14-11-8-5-2/h7-8,10-11,15-20,24-27,30-31,33-34,38,40,45,48,70-72,76-77H,4-6,9,12-14,21-23,28-29,32,35-37,39,41-44,46-47,49-69H2,1-3H3,(H,81,82)(H,83,84)/b10-7-,11-8-,18-15-,19-16-,20-17-,26-24-,27-25-,31-30-,34-33-,40-38-,48-45-. The van der Waals surface area contributed by atoms with E-state index < -0.39 is 91.5 Å². The lowest BCUT2D eigenvalue weighted by Gasteiger charge is -2.21. The van der Waals surface area contributed by atoms with Gasteiger partial charge < -0.3 is 34.2 Å². The lowest BCUT2D eigenvalue weighted by atomic mass is 10.0. The second-order valence-electron chi connectivity index (χ2n) is 23.3. The van der Waals surface area contributed by atoms with Gasteiger partial charge in [-0.2, -0.15) is 0 Å². The molecule has 93 heavy (non-hydrogen) atoms. The van der Waals surface area contributed by atoms with Crippen LogP contribution in [0.1, 0.15) is 265 Å². The number of carbonyl (C=O) groups is 3. The summed E-state index contributed by atoms with van der Waals surface area (Å²) in [6.07, 6.45) is 79.5. The van der Waals surface area contributed by atoms with E-state index in [0.29, 0.717) is 19.3 Å². The number of aliphatic hydroxyl groups is 2. The third kappa shape index (κ3) is 68.9. The molecule has 5 unspecified atom stereocenters. The number of unbranched alkanes of at least 4 members (excludes halogenated alkanes) is 21. The molecule has 0 spiro atoms. The Morgan fingerprint density at radius 1 is 0.312 bits per heavy atom. The Bertz CT molecular complexity index is 2230. The molecule has 0 aromatic rings. The fraction of sp³-hybridized carbons (Fsp3) is 0.667.